The van der Waals surface area contributed by atoms with Gasteiger partial charge in [0.1, 0.15) is 36.3 Å². The summed E-state index contributed by atoms with van der Waals surface area (Å²) in [6, 6.07) is -7.37. The predicted octanol–water partition coefficient (Wildman–Crippen LogP) is -3.91. The van der Waals surface area contributed by atoms with Gasteiger partial charge in [-0.05, 0) is 57.0 Å². The Kier molecular flexibility index (Phi) is 22.4. The number of carboxylic acid groups (broad SMARTS) is 1. The van der Waals surface area contributed by atoms with Crippen molar-refractivity contribution in [3.05, 3.63) is 0 Å². The maximum Gasteiger partial charge on any atom is 0.326 e. The molecule has 1 fully saturated rings. The molecule has 0 spiro atoms. The first kappa shape index (κ1) is 50.5. The molecule has 1 aliphatic rings. The molecule has 10 amide bonds. The highest BCUT2D eigenvalue weighted by atomic mass is 32.2. The summed E-state index contributed by atoms with van der Waals surface area (Å²) in [6.45, 7) is 5.25. The Morgan fingerprint density at radius 3 is 1.88 bits per heavy atom. The van der Waals surface area contributed by atoms with Crippen LogP contribution in [0.15, 0.2) is 0 Å². The summed E-state index contributed by atoms with van der Waals surface area (Å²) in [6.07, 6.45) is 1.93. The van der Waals surface area contributed by atoms with Gasteiger partial charge >= 0.3 is 5.97 Å². The Hall–Kier alpha value is -5.48. The first-order valence-electron chi connectivity index (χ1n) is 18.8. The van der Waals surface area contributed by atoms with Crippen LogP contribution in [0.25, 0.3) is 0 Å². The number of carbonyl (C=O) groups excluding carboxylic acids is 10. The standard InChI is InChI=1S/C35H58N10O12S/c1-6-18(2)29(34(55)40-19(3)30(51)41-22(13-15-58-5)32(53)43-23(35(56)57)10-12-26(37)48)44-27(49)16-39-31(52)21(9-11-25(36)47)42-33(54)24-8-7-14-45(24)28(50)17-38-20(4)46/h18-19,21-24,29H,6-17H2,1-5H3,(H2,36,47)(H2,37,48)(H,38,46)(H,39,52)(H,40,55)(H,41,51)(H,42,54)(H,43,53)(H,44,49)(H,56,57)/t18-,19-,21-,22-,23-,24-,29-/m0/s1. The number of thioether (sulfide) groups is 1. The second-order valence-electron chi connectivity index (χ2n) is 13.8. The van der Waals surface area contributed by atoms with E-state index in [0.29, 0.717) is 18.6 Å². The molecular formula is C35H58N10O12S. The molecule has 0 unspecified atom stereocenters. The summed E-state index contributed by atoms with van der Waals surface area (Å²) >= 11 is 1.36. The van der Waals surface area contributed by atoms with E-state index < -0.39 is 114 Å². The van der Waals surface area contributed by atoms with Crippen molar-refractivity contribution in [2.75, 3.05) is 31.6 Å². The Labute approximate surface area is 340 Å². The molecule has 0 aromatic heterocycles. The van der Waals surface area contributed by atoms with E-state index in [1.807, 2.05) is 0 Å². The molecule has 0 radical (unpaired) electrons. The van der Waals surface area contributed by atoms with Gasteiger partial charge in [-0.1, -0.05) is 20.3 Å². The molecule has 0 aromatic carbocycles. The molecule has 22 nitrogen and oxygen atoms in total. The average Bonchev–Trinajstić information content (AvgIpc) is 3.66. The van der Waals surface area contributed by atoms with Crippen LogP contribution in [0.1, 0.15) is 79.1 Å². The fraction of sp³-hybridized carbons (Fsp3) is 0.686. The Balaban J connectivity index is 2.96. The largest absolute Gasteiger partial charge is 0.480 e. The molecular weight excluding hydrogens is 785 g/mol. The van der Waals surface area contributed by atoms with Gasteiger partial charge in [-0.2, -0.15) is 11.8 Å². The quantitative estimate of drug-likeness (QED) is 0.0399. The molecule has 7 atom stereocenters. The van der Waals surface area contributed by atoms with E-state index >= 15 is 0 Å². The molecule has 1 heterocycles. The monoisotopic (exact) mass is 842 g/mol. The van der Waals surface area contributed by atoms with Crippen molar-refractivity contribution in [1.82, 2.24) is 42.1 Å². The van der Waals surface area contributed by atoms with Crippen molar-refractivity contribution in [3.63, 3.8) is 0 Å². The molecule has 12 N–H and O–H groups in total. The van der Waals surface area contributed by atoms with Crippen LogP contribution in [0.5, 0.6) is 0 Å². The van der Waals surface area contributed by atoms with Gasteiger partial charge in [-0.15, -0.1) is 0 Å². The molecule has 1 saturated heterocycles. The number of rotatable bonds is 26. The fourth-order valence-corrected chi connectivity index (χ4v) is 6.14. The summed E-state index contributed by atoms with van der Waals surface area (Å²) in [5, 5.41) is 26.6. The second kappa shape index (κ2) is 25.7. The van der Waals surface area contributed by atoms with Gasteiger partial charge in [0, 0.05) is 26.3 Å². The smallest absolute Gasteiger partial charge is 0.326 e. The van der Waals surface area contributed by atoms with Crippen LogP contribution < -0.4 is 48.7 Å². The number of carbonyl (C=O) groups is 11. The number of hydrogen-bond acceptors (Lipinski definition) is 12. The van der Waals surface area contributed by atoms with E-state index in [2.05, 4.69) is 37.2 Å². The van der Waals surface area contributed by atoms with E-state index in [-0.39, 0.29) is 51.6 Å². The number of nitrogens with two attached hydrogens (primary N) is 2. The number of hydrogen-bond donors (Lipinski definition) is 10. The Bertz CT molecular complexity index is 1530. The zero-order valence-corrected chi connectivity index (χ0v) is 34.3. The summed E-state index contributed by atoms with van der Waals surface area (Å²) < 4.78 is 0. The Morgan fingerprint density at radius 1 is 0.741 bits per heavy atom. The number of aliphatic carboxylic acids is 1. The highest BCUT2D eigenvalue weighted by Gasteiger charge is 2.36. The number of nitrogens with zero attached hydrogens (tertiary/aromatic N) is 1. The molecule has 1 rings (SSSR count). The molecule has 1 aliphatic heterocycles. The summed E-state index contributed by atoms with van der Waals surface area (Å²) in [5.41, 5.74) is 10.4. The van der Waals surface area contributed by atoms with E-state index in [0.717, 1.165) is 0 Å². The normalized spacial score (nSPS) is 16.5. The molecule has 0 aromatic rings. The zero-order chi connectivity index (χ0) is 44.1. The first-order valence-corrected chi connectivity index (χ1v) is 20.2. The average molecular weight is 843 g/mol. The zero-order valence-electron chi connectivity index (χ0n) is 33.5. The van der Waals surface area contributed by atoms with E-state index in [1.165, 1.54) is 30.5 Å². The summed E-state index contributed by atoms with van der Waals surface area (Å²) in [7, 11) is 0. The topological polar surface area (TPSA) is 347 Å². The van der Waals surface area contributed by atoms with Crippen molar-refractivity contribution >= 4 is 76.8 Å². The summed E-state index contributed by atoms with van der Waals surface area (Å²) in [5.74, 6) is -8.65. The number of primary amides is 2. The second-order valence-corrected chi connectivity index (χ2v) is 14.8. The molecule has 0 aliphatic carbocycles. The summed E-state index contributed by atoms with van der Waals surface area (Å²) in [4.78, 5) is 139. The molecule has 0 bridgehead atoms. The van der Waals surface area contributed by atoms with Gasteiger partial charge in [0.2, 0.25) is 59.1 Å². The van der Waals surface area contributed by atoms with Crippen LogP contribution in [-0.2, 0) is 52.7 Å². The number of carboxylic acids is 1. The maximum absolute atomic E-state index is 13.4. The minimum atomic E-state index is -1.45. The molecule has 0 saturated carbocycles. The van der Waals surface area contributed by atoms with E-state index in [4.69, 9.17) is 11.5 Å². The van der Waals surface area contributed by atoms with Crippen LogP contribution in [0, 0.1) is 5.92 Å². The highest BCUT2D eigenvalue weighted by Crippen LogP contribution is 2.18. The van der Waals surface area contributed by atoms with Crippen LogP contribution >= 0.6 is 11.8 Å². The van der Waals surface area contributed by atoms with Gasteiger partial charge in [-0.25, -0.2) is 4.79 Å². The molecule has 326 valence electrons. The number of nitrogens with one attached hydrogen (secondary N) is 7. The SMILES string of the molecule is CC[C@H](C)[C@H](NC(=O)CNC(=O)[C@H](CCC(N)=O)NC(=O)[C@@H]1CCCN1C(=O)CNC(C)=O)C(=O)N[C@@H](C)C(=O)N[C@@H](CCSC)C(=O)N[C@@H](CCC(N)=O)C(=O)O. The van der Waals surface area contributed by atoms with Gasteiger partial charge in [0.25, 0.3) is 0 Å². The first-order chi connectivity index (χ1) is 27.2. The Morgan fingerprint density at radius 2 is 1.33 bits per heavy atom. The van der Waals surface area contributed by atoms with Crippen molar-refractivity contribution in [2.24, 2.45) is 17.4 Å². The number of amides is 10. The van der Waals surface area contributed by atoms with Gasteiger partial charge in [-0.3, -0.25) is 47.9 Å². The molecule has 58 heavy (non-hydrogen) atoms. The lowest BCUT2D eigenvalue weighted by Crippen LogP contribution is -2.58. The third kappa shape index (κ3) is 18.2. The van der Waals surface area contributed by atoms with Gasteiger partial charge in [0.15, 0.2) is 0 Å². The lowest BCUT2D eigenvalue weighted by atomic mass is 9.98. The van der Waals surface area contributed by atoms with Crippen molar-refractivity contribution < 1.29 is 57.8 Å². The van der Waals surface area contributed by atoms with Crippen molar-refractivity contribution in [3.8, 4) is 0 Å². The van der Waals surface area contributed by atoms with Crippen LogP contribution in [0.2, 0.25) is 0 Å². The molecule has 23 heteroatoms. The van der Waals surface area contributed by atoms with Crippen LogP contribution in [0.4, 0.5) is 0 Å². The third-order valence-corrected chi connectivity index (χ3v) is 9.85. The minimum Gasteiger partial charge on any atom is -0.480 e. The predicted molar refractivity (Wildman–Crippen MR) is 209 cm³/mol. The fourth-order valence-electron chi connectivity index (χ4n) is 5.67. The van der Waals surface area contributed by atoms with Crippen LogP contribution in [0.3, 0.4) is 0 Å². The maximum atomic E-state index is 13.4. The van der Waals surface area contributed by atoms with Gasteiger partial charge in [0.05, 0.1) is 13.1 Å². The van der Waals surface area contributed by atoms with Crippen LogP contribution in [-0.4, -0.2) is 143 Å². The van der Waals surface area contributed by atoms with Crippen molar-refractivity contribution in [1.29, 1.82) is 0 Å². The number of likely N-dealkylation sites (tertiary alicyclic amines) is 1. The highest BCUT2D eigenvalue weighted by molar-refractivity contribution is 7.98. The lowest BCUT2D eigenvalue weighted by Gasteiger charge is -2.27. The van der Waals surface area contributed by atoms with E-state index in [1.54, 1.807) is 20.1 Å². The third-order valence-electron chi connectivity index (χ3n) is 9.20. The van der Waals surface area contributed by atoms with Crippen molar-refractivity contribution in [2.45, 2.75) is 115 Å². The minimum absolute atomic E-state index is 0.102. The lowest BCUT2D eigenvalue weighted by molar-refractivity contribution is -0.142. The van der Waals surface area contributed by atoms with E-state index in [9.17, 15) is 57.8 Å². The van der Waals surface area contributed by atoms with Gasteiger partial charge < -0.3 is 58.7 Å².